The molecule has 0 aliphatic rings. The Morgan fingerprint density at radius 1 is 1.05 bits per heavy atom. The van der Waals surface area contributed by atoms with Crippen molar-refractivity contribution in [3.05, 3.63) is 41.6 Å². The zero-order valence-electron chi connectivity index (χ0n) is 11.7. The predicted octanol–water partition coefficient (Wildman–Crippen LogP) is 3.52. The van der Waals surface area contributed by atoms with Gasteiger partial charge >= 0.3 is 0 Å². The zero-order valence-corrected chi connectivity index (χ0v) is 11.7. The van der Waals surface area contributed by atoms with Crippen molar-refractivity contribution in [3.63, 3.8) is 0 Å². The van der Waals surface area contributed by atoms with E-state index in [0.717, 1.165) is 30.2 Å². The molecule has 0 radical (unpaired) electrons. The largest absolute Gasteiger partial charge is 0.354 e. The van der Waals surface area contributed by atoms with Crippen LogP contribution in [-0.4, -0.2) is 16.5 Å². The van der Waals surface area contributed by atoms with Gasteiger partial charge in [0.1, 0.15) is 5.82 Å². The molecule has 0 spiro atoms. The SMILES string of the molecule is CCNc1nc(C)cc(Nc2ccc(CC)cc2)n1. The summed E-state index contributed by atoms with van der Waals surface area (Å²) in [5.41, 5.74) is 3.31. The van der Waals surface area contributed by atoms with Gasteiger partial charge in [0.25, 0.3) is 0 Å². The van der Waals surface area contributed by atoms with Gasteiger partial charge in [0.15, 0.2) is 0 Å². The molecule has 0 unspecified atom stereocenters. The Bertz CT molecular complexity index is 534. The quantitative estimate of drug-likeness (QED) is 0.859. The van der Waals surface area contributed by atoms with Crippen molar-refractivity contribution >= 4 is 17.5 Å². The lowest BCUT2D eigenvalue weighted by Crippen LogP contribution is -2.05. The van der Waals surface area contributed by atoms with E-state index >= 15 is 0 Å². The van der Waals surface area contributed by atoms with Crippen molar-refractivity contribution in [3.8, 4) is 0 Å². The van der Waals surface area contributed by atoms with Crippen molar-refractivity contribution in [2.45, 2.75) is 27.2 Å². The zero-order chi connectivity index (χ0) is 13.7. The highest BCUT2D eigenvalue weighted by atomic mass is 15.1. The first-order valence-electron chi connectivity index (χ1n) is 6.66. The standard InChI is InChI=1S/C15H20N4/c1-4-12-6-8-13(9-7-12)18-14-10-11(3)17-15(19-14)16-5-2/h6-10H,4-5H2,1-3H3,(H2,16,17,18,19). The van der Waals surface area contributed by atoms with E-state index in [1.807, 2.05) is 19.9 Å². The number of hydrogen-bond acceptors (Lipinski definition) is 4. The summed E-state index contributed by atoms with van der Waals surface area (Å²) in [5, 5.41) is 6.43. The lowest BCUT2D eigenvalue weighted by atomic mass is 10.1. The van der Waals surface area contributed by atoms with Crippen LogP contribution in [0.15, 0.2) is 30.3 Å². The molecule has 0 fully saturated rings. The molecule has 2 N–H and O–H groups in total. The van der Waals surface area contributed by atoms with Crippen molar-refractivity contribution in [1.82, 2.24) is 9.97 Å². The summed E-state index contributed by atoms with van der Waals surface area (Å²) in [7, 11) is 0. The minimum absolute atomic E-state index is 0.662. The number of aromatic nitrogens is 2. The molecule has 0 amide bonds. The average molecular weight is 256 g/mol. The van der Waals surface area contributed by atoms with E-state index in [2.05, 4.69) is 51.8 Å². The smallest absolute Gasteiger partial charge is 0.224 e. The molecule has 4 heteroatoms. The maximum absolute atomic E-state index is 4.43. The van der Waals surface area contributed by atoms with Crippen LogP contribution in [0.1, 0.15) is 25.1 Å². The van der Waals surface area contributed by atoms with Crippen LogP contribution in [0.3, 0.4) is 0 Å². The van der Waals surface area contributed by atoms with E-state index in [-0.39, 0.29) is 0 Å². The Morgan fingerprint density at radius 2 is 1.79 bits per heavy atom. The Hall–Kier alpha value is -2.10. The van der Waals surface area contributed by atoms with Crippen molar-refractivity contribution in [1.29, 1.82) is 0 Å². The molecule has 2 aromatic rings. The van der Waals surface area contributed by atoms with E-state index in [4.69, 9.17) is 0 Å². The molecule has 100 valence electrons. The highest BCUT2D eigenvalue weighted by Gasteiger charge is 2.02. The van der Waals surface area contributed by atoms with Gasteiger partial charge in [-0.05, 0) is 38.0 Å². The minimum atomic E-state index is 0.662. The first-order chi connectivity index (χ1) is 9.21. The monoisotopic (exact) mass is 256 g/mol. The lowest BCUT2D eigenvalue weighted by molar-refractivity contribution is 1.05. The number of anilines is 3. The third-order valence-electron chi connectivity index (χ3n) is 2.82. The molecule has 0 atom stereocenters. The second-order valence-electron chi connectivity index (χ2n) is 4.42. The van der Waals surface area contributed by atoms with Crippen LogP contribution in [0.5, 0.6) is 0 Å². The summed E-state index contributed by atoms with van der Waals surface area (Å²) in [5.74, 6) is 1.47. The number of hydrogen-bond donors (Lipinski definition) is 2. The Kier molecular flexibility index (Phi) is 4.34. The Morgan fingerprint density at radius 3 is 2.42 bits per heavy atom. The first-order valence-corrected chi connectivity index (χ1v) is 6.66. The van der Waals surface area contributed by atoms with Gasteiger partial charge in [0.2, 0.25) is 5.95 Å². The fourth-order valence-corrected chi connectivity index (χ4v) is 1.84. The summed E-state index contributed by atoms with van der Waals surface area (Å²) in [6.07, 6.45) is 1.05. The molecule has 19 heavy (non-hydrogen) atoms. The number of rotatable bonds is 5. The molecule has 0 bridgehead atoms. The lowest BCUT2D eigenvalue weighted by Gasteiger charge is -2.09. The van der Waals surface area contributed by atoms with E-state index in [1.54, 1.807) is 0 Å². The van der Waals surface area contributed by atoms with E-state index < -0.39 is 0 Å². The molecule has 2 rings (SSSR count). The van der Waals surface area contributed by atoms with Crippen LogP contribution in [0.25, 0.3) is 0 Å². The predicted molar refractivity (Wildman–Crippen MR) is 80.0 cm³/mol. The molecular formula is C15H20N4. The van der Waals surface area contributed by atoms with Crippen molar-refractivity contribution in [2.75, 3.05) is 17.2 Å². The third-order valence-corrected chi connectivity index (χ3v) is 2.82. The molecule has 0 saturated heterocycles. The normalized spacial score (nSPS) is 10.3. The van der Waals surface area contributed by atoms with Gasteiger partial charge in [-0.25, -0.2) is 4.98 Å². The second-order valence-corrected chi connectivity index (χ2v) is 4.42. The third kappa shape index (κ3) is 3.68. The van der Waals surface area contributed by atoms with Crippen LogP contribution in [-0.2, 0) is 6.42 Å². The molecule has 0 aliphatic heterocycles. The minimum Gasteiger partial charge on any atom is -0.354 e. The van der Waals surface area contributed by atoms with Crippen LogP contribution in [0.2, 0.25) is 0 Å². The van der Waals surface area contributed by atoms with E-state index in [1.165, 1.54) is 5.56 Å². The van der Waals surface area contributed by atoms with Gasteiger partial charge in [-0.15, -0.1) is 0 Å². The summed E-state index contributed by atoms with van der Waals surface area (Å²) in [4.78, 5) is 8.76. The average Bonchev–Trinajstić information content (AvgIpc) is 2.39. The molecule has 4 nitrogen and oxygen atoms in total. The number of nitrogens with zero attached hydrogens (tertiary/aromatic N) is 2. The van der Waals surface area contributed by atoms with E-state index in [9.17, 15) is 0 Å². The van der Waals surface area contributed by atoms with Gasteiger partial charge in [-0.3, -0.25) is 0 Å². The number of benzene rings is 1. The summed E-state index contributed by atoms with van der Waals surface area (Å²) < 4.78 is 0. The summed E-state index contributed by atoms with van der Waals surface area (Å²) in [6.45, 7) is 6.96. The van der Waals surface area contributed by atoms with Crippen LogP contribution >= 0.6 is 0 Å². The maximum atomic E-state index is 4.43. The number of nitrogens with one attached hydrogen (secondary N) is 2. The highest BCUT2D eigenvalue weighted by Crippen LogP contribution is 2.17. The first kappa shape index (κ1) is 13.3. The fraction of sp³-hybridized carbons (Fsp3) is 0.333. The van der Waals surface area contributed by atoms with Gasteiger partial charge in [0, 0.05) is 24.0 Å². The van der Waals surface area contributed by atoms with Gasteiger partial charge in [-0.2, -0.15) is 4.98 Å². The van der Waals surface area contributed by atoms with E-state index in [0.29, 0.717) is 5.95 Å². The van der Waals surface area contributed by atoms with Gasteiger partial charge in [-0.1, -0.05) is 19.1 Å². The molecule has 1 aromatic heterocycles. The topological polar surface area (TPSA) is 49.8 Å². The molecular weight excluding hydrogens is 236 g/mol. The van der Waals surface area contributed by atoms with Crippen molar-refractivity contribution in [2.24, 2.45) is 0 Å². The van der Waals surface area contributed by atoms with Gasteiger partial charge < -0.3 is 10.6 Å². The highest BCUT2D eigenvalue weighted by molar-refractivity contribution is 5.57. The molecule has 0 saturated carbocycles. The fourth-order valence-electron chi connectivity index (χ4n) is 1.84. The second kappa shape index (κ2) is 6.18. The molecule has 0 aliphatic carbocycles. The van der Waals surface area contributed by atoms with Crippen LogP contribution < -0.4 is 10.6 Å². The Balaban J connectivity index is 2.17. The van der Waals surface area contributed by atoms with Crippen LogP contribution in [0, 0.1) is 6.92 Å². The maximum Gasteiger partial charge on any atom is 0.224 e. The molecule has 1 heterocycles. The summed E-state index contributed by atoms with van der Waals surface area (Å²) >= 11 is 0. The van der Waals surface area contributed by atoms with Crippen LogP contribution in [0.4, 0.5) is 17.5 Å². The molecule has 1 aromatic carbocycles. The summed E-state index contributed by atoms with van der Waals surface area (Å²) in [6, 6.07) is 10.3. The number of aryl methyl sites for hydroxylation is 2. The van der Waals surface area contributed by atoms with Gasteiger partial charge in [0.05, 0.1) is 0 Å². The van der Waals surface area contributed by atoms with Crippen molar-refractivity contribution < 1.29 is 0 Å². The Labute approximate surface area is 114 Å².